The smallest absolute Gasteiger partial charge is 0.232 e. The molecule has 4 heterocycles. The lowest BCUT2D eigenvalue weighted by molar-refractivity contribution is 0.108. The van der Waals surface area contributed by atoms with Gasteiger partial charge in [0.25, 0.3) is 0 Å². The van der Waals surface area contributed by atoms with Gasteiger partial charge in [0.2, 0.25) is 11.7 Å². The zero-order valence-electron chi connectivity index (χ0n) is 11.7. The highest BCUT2D eigenvalue weighted by Gasteiger charge is 2.33. The van der Waals surface area contributed by atoms with Gasteiger partial charge in [-0.15, -0.1) is 11.3 Å². The summed E-state index contributed by atoms with van der Waals surface area (Å²) in [6.45, 7) is 4.68. The van der Waals surface area contributed by atoms with Crippen molar-refractivity contribution in [2.45, 2.75) is 19.4 Å². The molecule has 0 amide bonds. The molecule has 3 aromatic heterocycles. The largest absolute Gasteiger partial charge is 0.465 e. The Morgan fingerprint density at radius 3 is 2.95 bits per heavy atom. The molecule has 0 saturated carbocycles. The van der Waals surface area contributed by atoms with Crippen molar-refractivity contribution in [1.29, 1.82) is 0 Å². The quantitative estimate of drug-likeness (QED) is 0.740. The molecule has 1 aliphatic heterocycles. The van der Waals surface area contributed by atoms with Crippen molar-refractivity contribution in [3.8, 4) is 10.7 Å². The Labute approximate surface area is 126 Å². The minimum Gasteiger partial charge on any atom is -0.465 e. The van der Waals surface area contributed by atoms with E-state index in [0.29, 0.717) is 11.7 Å². The Morgan fingerprint density at radius 1 is 1.33 bits per heavy atom. The molecule has 0 unspecified atom stereocenters. The monoisotopic (exact) mass is 301 g/mol. The number of thiophene rings is 1. The van der Waals surface area contributed by atoms with Gasteiger partial charge in [-0.3, -0.25) is 4.90 Å². The molecule has 1 fully saturated rings. The standard InChI is InChI=1S/C15H15N3O2S/c1-10-4-5-12(19-10)9-18-7-11(8-18)15-16-14(17-20-15)13-3-2-6-21-13/h2-6,11H,7-9H2,1H3. The van der Waals surface area contributed by atoms with Crippen molar-refractivity contribution in [1.82, 2.24) is 15.0 Å². The average molecular weight is 301 g/mol. The summed E-state index contributed by atoms with van der Waals surface area (Å²) in [5.74, 6) is 3.74. The highest BCUT2D eigenvalue weighted by atomic mass is 32.1. The number of likely N-dealkylation sites (tertiary alicyclic amines) is 1. The van der Waals surface area contributed by atoms with E-state index in [1.807, 2.05) is 36.6 Å². The van der Waals surface area contributed by atoms with Crippen molar-refractivity contribution in [3.05, 3.63) is 47.1 Å². The van der Waals surface area contributed by atoms with Gasteiger partial charge in [0, 0.05) is 13.1 Å². The first-order valence-electron chi connectivity index (χ1n) is 6.93. The van der Waals surface area contributed by atoms with E-state index in [2.05, 4.69) is 15.0 Å². The first kappa shape index (κ1) is 12.8. The molecule has 3 aromatic rings. The van der Waals surface area contributed by atoms with Crippen LogP contribution in [-0.4, -0.2) is 28.1 Å². The molecule has 21 heavy (non-hydrogen) atoms. The van der Waals surface area contributed by atoms with Crippen molar-refractivity contribution in [3.63, 3.8) is 0 Å². The van der Waals surface area contributed by atoms with Crippen LogP contribution in [0.25, 0.3) is 10.7 Å². The Morgan fingerprint density at radius 2 is 2.24 bits per heavy atom. The van der Waals surface area contributed by atoms with Gasteiger partial charge in [0.15, 0.2) is 0 Å². The molecule has 5 nitrogen and oxygen atoms in total. The fourth-order valence-corrected chi connectivity index (χ4v) is 3.20. The van der Waals surface area contributed by atoms with E-state index in [-0.39, 0.29) is 0 Å². The van der Waals surface area contributed by atoms with Crippen LogP contribution in [0.5, 0.6) is 0 Å². The molecular formula is C15H15N3O2S. The Hall–Kier alpha value is -1.92. The second-order valence-electron chi connectivity index (χ2n) is 5.34. The molecule has 0 aliphatic carbocycles. The van der Waals surface area contributed by atoms with Gasteiger partial charge in [0.1, 0.15) is 11.5 Å². The summed E-state index contributed by atoms with van der Waals surface area (Å²) in [6.07, 6.45) is 0. The lowest BCUT2D eigenvalue weighted by Crippen LogP contribution is -2.44. The molecule has 1 saturated heterocycles. The first-order chi connectivity index (χ1) is 10.3. The van der Waals surface area contributed by atoms with Crippen LogP contribution in [0.2, 0.25) is 0 Å². The predicted molar refractivity (Wildman–Crippen MR) is 79.1 cm³/mol. The molecule has 0 atom stereocenters. The van der Waals surface area contributed by atoms with E-state index in [4.69, 9.17) is 8.94 Å². The number of aromatic nitrogens is 2. The van der Waals surface area contributed by atoms with Gasteiger partial charge in [-0.05, 0) is 30.5 Å². The Balaban J connectivity index is 1.37. The molecule has 0 N–H and O–H groups in total. The number of aryl methyl sites for hydroxylation is 1. The summed E-state index contributed by atoms with van der Waals surface area (Å²) in [5.41, 5.74) is 0. The zero-order chi connectivity index (χ0) is 14.2. The highest BCUT2D eigenvalue weighted by molar-refractivity contribution is 7.13. The highest BCUT2D eigenvalue weighted by Crippen LogP contribution is 2.30. The molecule has 0 radical (unpaired) electrons. The Bertz CT molecular complexity index is 726. The van der Waals surface area contributed by atoms with Gasteiger partial charge in [-0.2, -0.15) is 4.98 Å². The fourth-order valence-electron chi connectivity index (χ4n) is 2.55. The van der Waals surface area contributed by atoms with Crippen molar-refractivity contribution >= 4 is 11.3 Å². The van der Waals surface area contributed by atoms with Crippen molar-refractivity contribution in [2.24, 2.45) is 0 Å². The first-order valence-corrected chi connectivity index (χ1v) is 7.81. The van der Waals surface area contributed by atoms with Gasteiger partial charge in [0.05, 0.1) is 17.3 Å². The molecule has 0 aromatic carbocycles. The number of rotatable bonds is 4. The van der Waals surface area contributed by atoms with Crippen LogP contribution in [0.1, 0.15) is 23.3 Å². The number of hydrogen-bond acceptors (Lipinski definition) is 6. The van der Waals surface area contributed by atoms with Crippen LogP contribution >= 0.6 is 11.3 Å². The number of furan rings is 1. The second-order valence-corrected chi connectivity index (χ2v) is 6.28. The van der Waals surface area contributed by atoms with Gasteiger partial charge < -0.3 is 8.94 Å². The van der Waals surface area contributed by atoms with Crippen LogP contribution < -0.4 is 0 Å². The molecule has 1 aliphatic rings. The summed E-state index contributed by atoms with van der Waals surface area (Å²) in [5, 5.41) is 6.08. The normalized spacial score (nSPS) is 16.2. The molecular weight excluding hydrogens is 286 g/mol. The molecule has 4 rings (SSSR count). The zero-order valence-corrected chi connectivity index (χ0v) is 12.5. The second kappa shape index (κ2) is 5.13. The Kier molecular flexibility index (Phi) is 3.12. The van der Waals surface area contributed by atoms with Crippen LogP contribution in [0.15, 0.2) is 38.6 Å². The van der Waals surface area contributed by atoms with Gasteiger partial charge in [-0.25, -0.2) is 0 Å². The fraction of sp³-hybridized carbons (Fsp3) is 0.333. The van der Waals surface area contributed by atoms with Gasteiger partial charge in [-0.1, -0.05) is 11.2 Å². The molecule has 108 valence electrons. The van der Waals surface area contributed by atoms with E-state index in [0.717, 1.165) is 41.9 Å². The summed E-state index contributed by atoms with van der Waals surface area (Å²) in [7, 11) is 0. The molecule has 0 bridgehead atoms. The minimum absolute atomic E-state index is 0.335. The third-order valence-corrected chi connectivity index (χ3v) is 4.53. The predicted octanol–water partition coefficient (Wildman–Crippen LogP) is 3.30. The lowest BCUT2D eigenvalue weighted by Gasteiger charge is -2.36. The minimum atomic E-state index is 0.335. The molecule has 0 spiro atoms. The van der Waals surface area contributed by atoms with E-state index in [1.165, 1.54) is 0 Å². The SMILES string of the molecule is Cc1ccc(CN2CC(c3nc(-c4cccs4)no3)C2)o1. The topological polar surface area (TPSA) is 55.3 Å². The number of nitrogens with zero attached hydrogens (tertiary/aromatic N) is 3. The van der Waals surface area contributed by atoms with Crippen LogP contribution in [0, 0.1) is 6.92 Å². The third kappa shape index (κ3) is 2.52. The lowest BCUT2D eigenvalue weighted by atomic mass is 10.00. The maximum absolute atomic E-state index is 5.59. The summed E-state index contributed by atoms with van der Waals surface area (Å²) in [6, 6.07) is 8.03. The van der Waals surface area contributed by atoms with Crippen LogP contribution in [-0.2, 0) is 6.54 Å². The average Bonchev–Trinajstić information content (AvgIpc) is 3.14. The summed E-state index contributed by atoms with van der Waals surface area (Å²) < 4.78 is 11.0. The third-order valence-electron chi connectivity index (χ3n) is 3.67. The summed E-state index contributed by atoms with van der Waals surface area (Å²) >= 11 is 1.62. The molecule has 6 heteroatoms. The van der Waals surface area contributed by atoms with E-state index in [9.17, 15) is 0 Å². The van der Waals surface area contributed by atoms with Crippen molar-refractivity contribution in [2.75, 3.05) is 13.1 Å². The van der Waals surface area contributed by atoms with E-state index in [1.54, 1.807) is 11.3 Å². The van der Waals surface area contributed by atoms with E-state index < -0.39 is 0 Å². The van der Waals surface area contributed by atoms with E-state index >= 15 is 0 Å². The van der Waals surface area contributed by atoms with Crippen LogP contribution in [0.3, 0.4) is 0 Å². The maximum atomic E-state index is 5.59. The van der Waals surface area contributed by atoms with Crippen molar-refractivity contribution < 1.29 is 8.94 Å². The summed E-state index contributed by atoms with van der Waals surface area (Å²) in [4.78, 5) is 7.87. The van der Waals surface area contributed by atoms with Crippen LogP contribution in [0.4, 0.5) is 0 Å². The number of hydrogen-bond donors (Lipinski definition) is 0. The maximum Gasteiger partial charge on any atom is 0.232 e. The van der Waals surface area contributed by atoms with Gasteiger partial charge >= 0.3 is 0 Å².